The number of hydrogen-bond donors (Lipinski definition) is 0. The molecule has 3 aliphatic rings. The SMILES string of the molecule is COc1cc2cc(OC)c1-c1c(cc3c(c1OC)C=CC(C)(C)O3)CCCCCCCCCCCCCC2. The number of hydrogen-bond acceptors (Lipinski definition) is 4. The van der Waals surface area contributed by atoms with Gasteiger partial charge in [0.2, 0.25) is 0 Å². The first-order valence-corrected chi connectivity index (χ1v) is 14.8. The lowest BCUT2D eigenvalue weighted by Gasteiger charge is -2.31. The molecule has 208 valence electrons. The van der Waals surface area contributed by atoms with Gasteiger partial charge in [0.15, 0.2) is 0 Å². The topological polar surface area (TPSA) is 36.9 Å². The smallest absolute Gasteiger partial charge is 0.138 e. The van der Waals surface area contributed by atoms with Gasteiger partial charge in [0, 0.05) is 5.56 Å². The molecule has 2 aromatic rings. The third kappa shape index (κ3) is 6.87. The van der Waals surface area contributed by atoms with Gasteiger partial charge in [0.05, 0.1) is 32.5 Å². The fourth-order valence-electron chi connectivity index (χ4n) is 6.00. The minimum atomic E-state index is -0.351. The largest absolute Gasteiger partial charge is 0.496 e. The van der Waals surface area contributed by atoms with Gasteiger partial charge < -0.3 is 18.9 Å². The minimum Gasteiger partial charge on any atom is -0.496 e. The summed E-state index contributed by atoms with van der Waals surface area (Å²) in [5.74, 6) is 3.40. The van der Waals surface area contributed by atoms with Crippen molar-refractivity contribution in [1.82, 2.24) is 0 Å². The van der Waals surface area contributed by atoms with Gasteiger partial charge in [-0.25, -0.2) is 0 Å². The molecule has 0 saturated heterocycles. The molecule has 0 amide bonds. The number of methoxy groups -OCH3 is 3. The maximum Gasteiger partial charge on any atom is 0.138 e. The second kappa shape index (κ2) is 13.4. The molecular formula is C34H48O4. The van der Waals surface area contributed by atoms with E-state index in [9.17, 15) is 0 Å². The van der Waals surface area contributed by atoms with E-state index in [1.54, 1.807) is 21.3 Å². The molecule has 4 heteroatoms. The van der Waals surface area contributed by atoms with Crippen LogP contribution in [0.25, 0.3) is 17.2 Å². The molecule has 0 spiro atoms. The van der Waals surface area contributed by atoms with Gasteiger partial charge >= 0.3 is 0 Å². The Labute approximate surface area is 230 Å². The first kappa shape index (κ1) is 28.4. The maximum absolute atomic E-state index is 6.43. The van der Waals surface area contributed by atoms with Gasteiger partial charge in [-0.2, -0.15) is 0 Å². The van der Waals surface area contributed by atoms with E-state index in [2.05, 4.69) is 44.2 Å². The van der Waals surface area contributed by atoms with Crippen LogP contribution < -0.4 is 18.9 Å². The molecule has 4 nitrogen and oxygen atoms in total. The van der Waals surface area contributed by atoms with Crippen molar-refractivity contribution in [2.75, 3.05) is 21.3 Å². The number of rotatable bonds is 3. The molecule has 38 heavy (non-hydrogen) atoms. The molecule has 0 aromatic heterocycles. The second-order valence-corrected chi connectivity index (χ2v) is 11.5. The van der Waals surface area contributed by atoms with Crippen molar-refractivity contribution in [3.63, 3.8) is 0 Å². The first-order valence-electron chi connectivity index (χ1n) is 14.8. The summed E-state index contributed by atoms with van der Waals surface area (Å²) in [6.45, 7) is 4.19. The average molecular weight is 521 g/mol. The molecule has 2 aromatic carbocycles. The average Bonchev–Trinajstić information content (AvgIpc) is 2.90. The fraction of sp³-hybridized carbons (Fsp3) is 0.588. The summed E-state index contributed by atoms with van der Waals surface area (Å²) in [5.41, 5.74) is 5.16. The molecule has 5 rings (SSSR count). The predicted octanol–water partition coefficient (Wildman–Crippen LogP) is 9.34. The van der Waals surface area contributed by atoms with Gasteiger partial charge in [-0.15, -0.1) is 0 Å². The Hall–Kier alpha value is -2.62. The Bertz CT molecular complexity index is 1070. The highest BCUT2D eigenvalue weighted by atomic mass is 16.5. The zero-order valence-electron chi connectivity index (χ0n) is 24.4. The Balaban J connectivity index is 1.82. The summed E-state index contributed by atoms with van der Waals surface area (Å²) in [6, 6.07) is 6.64. The molecule has 0 radical (unpaired) electrons. The van der Waals surface area contributed by atoms with Crippen molar-refractivity contribution < 1.29 is 18.9 Å². The molecule has 0 atom stereocenters. The third-order valence-electron chi connectivity index (χ3n) is 8.07. The quantitative estimate of drug-likeness (QED) is 0.404. The van der Waals surface area contributed by atoms with Gasteiger partial charge in [0.25, 0.3) is 0 Å². The van der Waals surface area contributed by atoms with E-state index >= 15 is 0 Å². The van der Waals surface area contributed by atoms with Crippen molar-refractivity contribution in [3.05, 3.63) is 41.0 Å². The highest BCUT2D eigenvalue weighted by Gasteiger charge is 2.30. The Morgan fingerprint density at radius 3 is 1.68 bits per heavy atom. The van der Waals surface area contributed by atoms with Crippen LogP contribution >= 0.6 is 0 Å². The monoisotopic (exact) mass is 520 g/mol. The Kier molecular flexibility index (Phi) is 10.0. The van der Waals surface area contributed by atoms with Crippen molar-refractivity contribution in [1.29, 1.82) is 0 Å². The molecule has 2 bridgehead atoms. The predicted molar refractivity (Wildman–Crippen MR) is 158 cm³/mol. The lowest BCUT2D eigenvalue weighted by atomic mass is 9.88. The van der Waals surface area contributed by atoms with E-state index < -0.39 is 0 Å². The molecule has 0 saturated carbocycles. The molecule has 2 aliphatic carbocycles. The molecule has 0 unspecified atom stereocenters. The first-order chi connectivity index (χ1) is 18.5. The molecule has 1 heterocycles. The fourth-order valence-corrected chi connectivity index (χ4v) is 6.00. The van der Waals surface area contributed by atoms with Crippen LogP contribution in [0, 0.1) is 0 Å². The number of benzene rings is 2. The highest BCUT2D eigenvalue weighted by molar-refractivity contribution is 5.89. The van der Waals surface area contributed by atoms with Crippen LogP contribution in [0.2, 0.25) is 0 Å². The zero-order valence-corrected chi connectivity index (χ0v) is 24.4. The van der Waals surface area contributed by atoms with E-state index in [0.29, 0.717) is 0 Å². The molecular weight excluding hydrogens is 472 g/mol. The highest BCUT2D eigenvalue weighted by Crippen LogP contribution is 2.51. The summed E-state index contributed by atoms with van der Waals surface area (Å²) < 4.78 is 24.7. The van der Waals surface area contributed by atoms with Gasteiger partial charge in [-0.05, 0) is 81.0 Å². The van der Waals surface area contributed by atoms with Gasteiger partial charge in [-0.3, -0.25) is 0 Å². The van der Waals surface area contributed by atoms with Gasteiger partial charge in [0.1, 0.15) is 28.6 Å². The summed E-state index contributed by atoms with van der Waals surface area (Å²) >= 11 is 0. The summed E-state index contributed by atoms with van der Waals surface area (Å²) in [7, 11) is 5.28. The van der Waals surface area contributed by atoms with Crippen molar-refractivity contribution >= 4 is 6.08 Å². The molecule has 0 fully saturated rings. The van der Waals surface area contributed by atoms with E-state index in [1.165, 1.54) is 81.8 Å². The van der Waals surface area contributed by atoms with Crippen LogP contribution in [0.4, 0.5) is 0 Å². The van der Waals surface area contributed by atoms with E-state index in [-0.39, 0.29) is 5.60 Å². The number of ether oxygens (including phenoxy) is 4. The van der Waals surface area contributed by atoms with Crippen molar-refractivity contribution in [2.24, 2.45) is 0 Å². The summed E-state index contributed by atoms with van der Waals surface area (Å²) in [4.78, 5) is 0. The Morgan fingerprint density at radius 1 is 0.632 bits per heavy atom. The number of aryl methyl sites for hydroxylation is 2. The molecule has 1 aliphatic heterocycles. The lowest BCUT2D eigenvalue weighted by Crippen LogP contribution is -2.27. The van der Waals surface area contributed by atoms with Crippen LogP contribution in [0.5, 0.6) is 23.0 Å². The summed E-state index contributed by atoms with van der Waals surface area (Å²) in [6.07, 6.45) is 21.9. The summed E-state index contributed by atoms with van der Waals surface area (Å²) in [5, 5.41) is 0. The van der Waals surface area contributed by atoms with Crippen molar-refractivity contribution in [3.8, 4) is 34.1 Å². The van der Waals surface area contributed by atoms with Crippen LogP contribution in [-0.4, -0.2) is 26.9 Å². The zero-order chi connectivity index (χ0) is 27.0. The van der Waals surface area contributed by atoms with Crippen LogP contribution in [0.3, 0.4) is 0 Å². The maximum atomic E-state index is 6.43. The van der Waals surface area contributed by atoms with Gasteiger partial charge in [-0.1, -0.05) is 64.2 Å². The van der Waals surface area contributed by atoms with Crippen LogP contribution in [-0.2, 0) is 12.8 Å². The standard InChI is InChI=1S/C34H48O4/c1-34(2)21-20-27-28(38-34)24-26-19-17-15-13-11-9-7-6-8-10-12-14-16-18-25-22-29(35-3)32(30(23-25)36-4)31(26)33(27)37-5/h20-24H,6-19H2,1-5H3. The van der Waals surface area contributed by atoms with Crippen LogP contribution in [0.15, 0.2) is 24.3 Å². The third-order valence-corrected chi connectivity index (χ3v) is 8.07. The van der Waals surface area contributed by atoms with E-state index in [4.69, 9.17) is 18.9 Å². The second-order valence-electron chi connectivity index (χ2n) is 11.5. The normalized spacial score (nSPS) is 18.6. The van der Waals surface area contributed by atoms with E-state index in [1.807, 2.05) is 0 Å². The Morgan fingerprint density at radius 2 is 1.16 bits per heavy atom. The minimum absolute atomic E-state index is 0.351. The van der Waals surface area contributed by atoms with Crippen LogP contribution in [0.1, 0.15) is 108 Å². The van der Waals surface area contributed by atoms with E-state index in [0.717, 1.165) is 59.0 Å². The molecule has 0 N–H and O–H groups in total. The lowest BCUT2D eigenvalue weighted by molar-refractivity contribution is 0.158. The van der Waals surface area contributed by atoms with Crippen molar-refractivity contribution in [2.45, 2.75) is 109 Å². The number of fused-ring (bicyclic) bond motifs is 16.